The Morgan fingerprint density at radius 3 is 2.20 bits per heavy atom. The molecule has 0 aliphatic carbocycles. The van der Waals surface area contributed by atoms with Crippen LogP contribution in [0.4, 0.5) is 0 Å². The maximum absolute atomic E-state index is 6.59. The van der Waals surface area contributed by atoms with Crippen LogP contribution in [-0.4, -0.2) is 34.6 Å². The number of rotatable bonds is 5. The van der Waals surface area contributed by atoms with E-state index in [9.17, 15) is 0 Å². The summed E-state index contributed by atoms with van der Waals surface area (Å²) >= 11 is 2.71. The van der Waals surface area contributed by atoms with Crippen molar-refractivity contribution in [2.45, 2.75) is 58.0 Å². The van der Waals surface area contributed by atoms with Gasteiger partial charge in [0.1, 0.15) is 0 Å². The van der Waals surface area contributed by atoms with Gasteiger partial charge in [-0.1, -0.05) is 0 Å². The molecule has 0 saturated carbocycles. The van der Waals surface area contributed by atoms with E-state index in [1.165, 1.54) is 5.56 Å². The normalized spacial score (nSPS) is 15.3. The van der Waals surface area contributed by atoms with Crippen molar-refractivity contribution in [1.82, 2.24) is 0 Å². The second kappa shape index (κ2) is 6.97. The third kappa shape index (κ3) is 4.51. The van der Waals surface area contributed by atoms with Crippen LogP contribution in [-0.2, 0) is 4.43 Å². The van der Waals surface area contributed by atoms with E-state index >= 15 is 0 Å². The Balaban J connectivity index is 3.10. The van der Waals surface area contributed by atoms with Crippen molar-refractivity contribution in [1.29, 1.82) is 0 Å². The average molecular weight is 354 g/mol. The Bertz CT molecular complexity index is 475. The average Bonchev–Trinajstić information content (AvgIpc) is 2.36. The number of nitrogens with zero attached hydrogens (tertiary/aromatic N) is 1. The molecule has 0 bridgehead atoms. The maximum atomic E-state index is 6.59. The Hall–Kier alpha value is -0.504. The first-order valence-corrected chi connectivity index (χ1v) is 10.8. The first kappa shape index (κ1) is 17.5. The van der Waals surface area contributed by atoms with Crippen molar-refractivity contribution in [3.63, 3.8) is 0 Å². The van der Waals surface area contributed by atoms with Crippen molar-refractivity contribution in [3.8, 4) is 0 Å². The zero-order valence-electron chi connectivity index (χ0n) is 13.3. The van der Waals surface area contributed by atoms with Crippen LogP contribution in [0.5, 0.6) is 0 Å². The molecule has 1 aromatic rings. The minimum absolute atomic E-state index is 0.0158. The van der Waals surface area contributed by atoms with Crippen LogP contribution in [0, 0.1) is 0 Å². The second-order valence-electron chi connectivity index (χ2n) is 6.67. The quantitative estimate of drug-likeness (QED) is 0.573. The van der Waals surface area contributed by atoms with Crippen molar-refractivity contribution >= 4 is 28.6 Å². The number of hydrogen-bond acceptors (Lipinski definition) is 2. The van der Waals surface area contributed by atoms with Crippen LogP contribution in [0.2, 0.25) is 18.1 Å². The fraction of sp³-hybridized carbons (Fsp3) is 0.562. The molecule has 20 heavy (non-hydrogen) atoms. The van der Waals surface area contributed by atoms with E-state index in [0.717, 1.165) is 0 Å². The van der Waals surface area contributed by atoms with E-state index in [4.69, 9.17) is 4.43 Å². The summed E-state index contributed by atoms with van der Waals surface area (Å²) in [7, 11) is -1.84. The van der Waals surface area contributed by atoms with Gasteiger partial charge in [-0.3, -0.25) is 0 Å². The molecule has 0 amide bonds. The van der Waals surface area contributed by atoms with Gasteiger partial charge in [-0.25, -0.2) is 0 Å². The standard InChI is InChI=1S/C16H25NOSeSi/c1-13(17-12-19)15(14-10-8-7-9-11-14)18-20(5,6)16(2,3)4/h7-11,13,15H,1-6H3/t13-,15-/m0/s1. The summed E-state index contributed by atoms with van der Waals surface area (Å²) in [6, 6.07) is 10.4. The summed E-state index contributed by atoms with van der Waals surface area (Å²) in [5.41, 5.74) is 1.18. The summed E-state index contributed by atoms with van der Waals surface area (Å²) in [5.74, 6) is 0. The molecule has 1 rings (SSSR count). The Morgan fingerprint density at radius 2 is 1.75 bits per heavy atom. The van der Waals surface area contributed by atoms with Gasteiger partial charge in [-0.15, -0.1) is 0 Å². The molecule has 4 heteroatoms. The van der Waals surface area contributed by atoms with Gasteiger partial charge in [0.2, 0.25) is 0 Å². The van der Waals surface area contributed by atoms with Crippen molar-refractivity contribution in [3.05, 3.63) is 35.9 Å². The molecule has 0 aromatic heterocycles. The molecule has 2 atom stereocenters. The predicted octanol–water partition coefficient (Wildman–Crippen LogP) is 4.21. The third-order valence-electron chi connectivity index (χ3n) is 4.05. The fourth-order valence-electron chi connectivity index (χ4n) is 1.73. The third-order valence-corrected chi connectivity index (χ3v) is 8.73. The molecule has 0 unspecified atom stereocenters. The molecule has 0 spiro atoms. The van der Waals surface area contributed by atoms with E-state index < -0.39 is 8.32 Å². The van der Waals surface area contributed by atoms with E-state index in [1.807, 2.05) is 6.07 Å². The summed E-state index contributed by atoms with van der Waals surface area (Å²) in [4.78, 5) is 4.36. The topological polar surface area (TPSA) is 21.6 Å². The van der Waals surface area contributed by atoms with Crippen LogP contribution < -0.4 is 0 Å². The number of benzene rings is 1. The number of hydrogen-bond donors (Lipinski definition) is 0. The molecule has 2 nitrogen and oxygen atoms in total. The Morgan fingerprint density at radius 1 is 1.20 bits per heavy atom. The van der Waals surface area contributed by atoms with Crippen LogP contribution in [0.25, 0.3) is 0 Å². The van der Waals surface area contributed by atoms with Gasteiger partial charge in [0.25, 0.3) is 0 Å². The first-order chi connectivity index (χ1) is 9.19. The monoisotopic (exact) mass is 355 g/mol. The molecule has 0 fully saturated rings. The molecule has 110 valence electrons. The van der Waals surface area contributed by atoms with Gasteiger partial charge in [0.05, 0.1) is 0 Å². The fourth-order valence-corrected chi connectivity index (χ4v) is 3.40. The zero-order valence-corrected chi connectivity index (χ0v) is 16.0. The summed E-state index contributed by atoms with van der Waals surface area (Å²) in [5, 5.41) is 0.186. The molecular weight excluding hydrogens is 329 g/mol. The molecule has 1 aromatic carbocycles. The minimum atomic E-state index is -1.84. The number of aliphatic imine (C=N–C) groups is 1. The molecule has 0 radical (unpaired) electrons. The van der Waals surface area contributed by atoms with E-state index in [1.54, 1.807) is 0 Å². The van der Waals surface area contributed by atoms with Crippen LogP contribution >= 0.6 is 0 Å². The van der Waals surface area contributed by atoms with Crippen LogP contribution in [0.15, 0.2) is 35.3 Å². The van der Waals surface area contributed by atoms with Crippen molar-refractivity contribution < 1.29 is 4.43 Å². The molecule has 0 N–H and O–H groups in total. The van der Waals surface area contributed by atoms with Crippen molar-refractivity contribution in [2.24, 2.45) is 4.99 Å². The second-order valence-corrected chi connectivity index (χ2v) is 11.8. The molecule has 0 aliphatic rings. The molecular formula is C16H25NOSeSi. The summed E-state index contributed by atoms with van der Waals surface area (Å²) in [6.07, 6.45) is -0.0158. The van der Waals surface area contributed by atoms with Crippen molar-refractivity contribution in [2.75, 3.05) is 0 Å². The zero-order chi connectivity index (χ0) is 15.4. The predicted molar refractivity (Wildman–Crippen MR) is 90.1 cm³/mol. The van der Waals surface area contributed by atoms with Gasteiger partial charge in [0.15, 0.2) is 0 Å². The SMILES string of the molecule is C[C@H](N=C=[Se])[C@H](O[Si](C)(C)C(C)(C)C)c1ccccc1. The summed E-state index contributed by atoms with van der Waals surface area (Å²) < 4.78 is 9.37. The van der Waals surface area contributed by atoms with Gasteiger partial charge < -0.3 is 0 Å². The summed E-state index contributed by atoms with van der Waals surface area (Å²) in [6.45, 7) is 13.4. The van der Waals surface area contributed by atoms with Crippen LogP contribution in [0.3, 0.4) is 0 Å². The Labute approximate surface area is 132 Å². The van der Waals surface area contributed by atoms with E-state index in [0.29, 0.717) is 0 Å². The van der Waals surface area contributed by atoms with E-state index in [-0.39, 0.29) is 17.2 Å². The van der Waals surface area contributed by atoms with Gasteiger partial charge in [0, 0.05) is 0 Å². The van der Waals surface area contributed by atoms with Gasteiger partial charge >= 0.3 is 132 Å². The first-order valence-electron chi connectivity index (χ1n) is 6.99. The van der Waals surface area contributed by atoms with Gasteiger partial charge in [-0.05, 0) is 0 Å². The van der Waals surface area contributed by atoms with Gasteiger partial charge in [-0.2, -0.15) is 0 Å². The van der Waals surface area contributed by atoms with E-state index in [2.05, 4.69) is 90.3 Å². The molecule has 0 saturated heterocycles. The molecule has 0 aliphatic heterocycles. The van der Waals surface area contributed by atoms with Crippen LogP contribution in [0.1, 0.15) is 39.4 Å². The Kier molecular flexibility index (Phi) is 6.12. The molecule has 0 heterocycles.